The van der Waals surface area contributed by atoms with Crippen molar-refractivity contribution in [1.29, 1.82) is 0 Å². The van der Waals surface area contributed by atoms with Gasteiger partial charge in [-0.1, -0.05) is 12.1 Å². The van der Waals surface area contributed by atoms with Gasteiger partial charge < -0.3 is 59.4 Å². The molecule has 0 spiro atoms. The number of carbonyl (C=O) groups is 2. The largest absolute Gasteiger partial charge is 0.508 e. The first-order chi connectivity index (χ1) is 17.5. The number of aliphatic hydroxyl groups is 6. The van der Waals surface area contributed by atoms with Gasteiger partial charge in [0.15, 0.2) is 12.2 Å². The quantitative estimate of drug-likeness (QED) is 0.126. The van der Waals surface area contributed by atoms with Crippen molar-refractivity contribution in [3.8, 4) is 5.75 Å². The van der Waals surface area contributed by atoms with Crippen LogP contribution < -0.4 is 0 Å². The Morgan fingerprint density at radius 1 is 0.973 bits per heavy atom. The summed E-state index contributed by atoms with van der Waals surface area (Å²) < 4.78 is 26.9. The summed E-state index contributed by atoms with van der Waals surface area (Å²) in [6, 6.07) is 5.82. The van der Waals surface area contributed by atoms with Crippen LogP contribution in [-0.4, -0.2) is 122 Å². The summed E-state index contributed by atoms with van der Waals surface area (Å²) in [5, 5.41) is 69.9. The highest BCUT2D eigenvalue weighted by molar-refractivity contribution is 5.87. The standard InChI is InChI=1S/C23H30O14/c1-11(27)33-20-19(32)17(30)14(8-24)34-22(20)37-23(10-26)21(18(31)15(9-25)36-23)35-16(29)7-4-12-2-5-13(28)6-3-12/h2-7,14-15,17-22,24-26,28,30-32H,8-10H2,1H3/b7-4+/t14-,15-,17-,18-,19+,20-,21+,22-,23+/m1/s1. The van der Waals surface area contributed by atoms with Crippen LogP contribution in [0, 0.1) is 0 Å². The van der Waals surface area contributed by atoms with Crippen molar-refractivity contribution >= 4 is 18.0 Å². The number of hydrogen-bond donors (Lipinski definition) is 7. The molecule has 2 heterocycles. The maximum atomic E-state index is 12.5. The number of ether oxygens (including phenoxy) is 5. The van der Waals surface area contributed by atoms with E-state index in [1.54, 1.807) is 0 Å². The molecule has 0 aliphatic carbocycles. The van der Waals surface area contributed by atoms with Crippen LogP contribution in [0.2, 0.25) is 0 Å². The van der Waals surface area contributed by atoms with Gasteiger partial charge in [-0.15, -0.1) is 0 Å². The Morgan fingerprint density at radius 3 is 2.19 bits per heavy atom. The molecule has 0 aromatic heterocycles. The van der Waals surface area contributed by atoms with Gasteiger partial charge in [0.05, 0.1) is 13.2 Å². The number of rotatable bonds is 9. The number of benzene rings is 1. The van der Waals surface area contributed by atoms with Crippen molar-refractivity contribution < 1.29 is 69.0 Å². The maximum Gasteiger partial charge on any atom is 0.331 e. The Labute approximate surface area is 210 Å². The van der Waals surface area contributed by atoms with E-state index in [1.807, 2.05) is 0 Å². The van der Waals surface area contributed by atoms with E-state index >= 15 is 0 Å². The molecule has 0 amide bonds. The molecule has 14 heteroatoms. The van der Waals surface area contributed by atoms with E-state index in [0.29, 0.717) is 5.56 Å². The molecule has 1 aromatic carbocycles. The van der Waals surface area contributed by atoms with Gasteiger partial charge >= 0.3 is 11.9 Å². The van der Waals surface area contributed by atoms with Crippen LogP contribution in [0.5, 0.6) is 5.75 Å². The van der Waals surface area contributed by atoms with Gasteiger partial charge in [-0.25, -0.2) is 4.79 Å². The minimum Gasteiger partial charge on any atom is -0.508 e. The van der Waals surface area contributed by atoms with E-state index in [0.717, 1.165) is 13.0 Å². The van der Waals surface area contributed by atoms with Crippen molar-refractivity contribution in [1.82, 2.24) is 0 Å². The number of phenolic OH excluding ortho intramolecular Hbond substituents is 1. The topological polar surface area (TPSA) is 222 Å². The van der Waals surface area contributed by atoms with Crippen molar-refractivity contribution in [2.75, 3.05) is 19.8 Å². The minimum absolute atomic E-state index is 0.0175. The smallest absolute Gasteiger partial charge is 0.331 e. The zero-order valence-electron chi connectivity index (χ0n) is 19.7. The van der Waals surface area contributed by atoms with Crippen LogP contribution in [0.4, 0.5) is 0 Å². The first kappa shape index (κ1) is 28.9. The molecule has 3 rings (SSSR count). The zero-order chi connectivity index (χ0) is 27.3. The minimum atomic E-state index is -2.39. The molecular weight excluding hydrogens is 500 g/mol. The van der Waals surface area contributed by atoms with Gasteiger partial charge in [0.1, 0.15) is 42.9 Å². The highest BCUT2D eigenvalue weighted by atomic mass is 16.8. The summed E-state index contributed by atoms with van der Waals surface area (Å²) in [5.74, 6) is -4.27. The average Bonchev–Trinajstić information content (AvgIpc) is 3.13. The molecule has 2 aliphatic heterocycles. The Morgan fingerprint density at radius 2 is 1.62 bits per heavy atom. The predicted molar refractivity (Wildman–Crippen MR) is 119 cm³/mol. The van der Waals surface area contributed by atoms with E-state index in [-0.39, 0.29) is 5.75 Å². The third kappa shape index (κ3) is 6.43. The Balaban J connectivity index is 1.87. The lowest BCUT2D eigenvalue weighted by molar-refractivity contribution is -0.383. The van der Waals surface area contributed by atoms with Crippen molar-refractivity contribution in [3.05, 3.63) is 35.9 Å². The van der Waals surface area contributed by atoms with Crippen molar-refractivity contribution in [2.24, 2.45) is 0 Å². The van der Waals surface area contributed by atoms with Gasteiger partial charge in [0.2, 0.25) is 12.1 Å². The summed E-state index contributed by atoms with van der Waals surface area (Å²) in [7, 11) is 0. The van der Waals surface area contributed by atoms with Gasteiger partial charge in [-0.05, 0) is 23.8 Å². The number of carbonyl (C=O) groups excluding carboxylic acids is 2. The second-order valence-electron chi connectivity index (χ2n) is 8.48. The average molecular weight is 530 g/mol. The van der Waals surface area contributed by atoms with Crippen molar-refractivity contribution in [3.63, 3.8) is 0 Å². The van der Waals surface area contributed by atoms with Crippen LogP contribution in [-0.2, 0) is 33.3 Å². The molecule has 2 fully saturated rings. The molecular formula is C23H30O14. The number of aromatic hydroxyl groups is 1. The molecule has 1 aromatic rings. The fourth-order valence-electron chi connectivity index (χ4n) is 3.99. The number of hydrogen-bond acceptors (Lipinski definition) is 14. The van der Waals surface area contributed by atoms with Crippen LogP contribution in [0.25, 0.3) is 6.08 Å². The Bertz CT molecular complexity index is 951. The van der Waals surface area contributed by atoms with Crippen molar-refractivity contribution in [2.45, 2.75) is 61.7 Å². The highest BCUT2D eigenvalue weighted by Gasteiger charge is 2.61. The van der Waals surface area contributed by atoms with E-state index in [1.165, 1.54) is 30.3 Å². The van der Waals surface area contributed by atoms with Gasteiger partial charge in [0, 0.05) is 13.0 Å². The zero-order valence-corrected chi connectivity index (χ0v) is 19.7. The molecule has 2 saturated heterocycles. The summed E-state index contributed by atoms with van der Waals surface area (Å²) in [4.78, 5) is 24.1. The first-order valence-corrected chi connectivity index (χ1v) is 11.3. The van der Waals surface area contributed by atoms with Gasteiger partial charge in [-0.3, -0.25) is 4.79 Å². The Kier molecular flexibility index (Phi) is 9.57. The molecule has 0 saturated carbocycles. The summed E-state index contributed by atoms with van der Waals surface area (Å²) >= 11 is 0. The van der Waals surface area contributed by atoms with Crippen LogP contribution in [0.15, 0.2) is 30.3 Å². The Hall–Kier alpha value is -2.66. The molecule has 7 N–H and O–H groups in total. The van der Waals surface area contributed by atoms with Gasteiger partial charge in [-0.2, -0.15) is 0 Å². The van der Waals surface area contributed by atoms with Crippen LogP contribution >= 0.6 is 0 Å². The molecule has 0 radical (unpaired) electrons. The van der Waals surface area contributed by atoms with Gasteiger partial charge in [0.25, 0.3) is 0 Å². The molecule has 2 aliphatic rings. The fourth-order valence-corrected chi connectivity index (χ4v) is 3.99. The second-order valence-corrected chi connectivity index (χ2v) is 8.48. The summed E-state index contributed by atoms with van der Waals surface area (Å²) in [6.07, 6.45) is -10.9. The van der Waals surface area contributed by atoms with E-state index in [4.69, 9.17) is 23.7 Å². The van der Waals surface area contributed by atoms with E-state index in [2.05, 4.69) is 0 Å². The normalized spacial score (nSPS) is 36.0. The third-order valence-corrected chi connectivity index (χ3v) is 5.87. The lowest BCUT2D eigenvalue weighted by Gasteiger charge is -2.44. The lowest BCUT2D eigenvalue weighted by atomic mass is 9.98. The predicted octanol–water partition coefficient (Wildman–Crippen LogP) is -2.85. The fraction of sp³-hybridized carbons (Fsp3) is 0.565. The number of phenols is 1. The maximum absolute atomic E-state index is 12.5. The molecule has 9 atom stereocenters. The molecule has 14 nitrogen and oxygen atoms in total. The number of esters is 2. The van der Waals surface area contributed by atoms with Crippen LogP contribution in [0.3, 0.4) is 0 Å². The molecule has 37 heavy (non-hydrogen) atoms. The highest BCUT2D eigenvalue weighted by Crippen LogP contribution is 2.38. The van der Waals surface area contributed by atoms with Crippen LogP contribution in [0.1, 0.15) is 12.5 Å². The monoisotopic (exact) mass is 530 g/mol. The molecule has 0 unspecified atom stereocenters. The van der Waals surface area contributed by atoms with E-state index < -0.39 is 86.6 Å². The second kappa shape index (κ2) is 12.3. The molecule has 0 bridgehead atoms. The molecule has 206 valence electrons. The SMILES string of the molecule is CC(=O)O[C@H]1[C@@H](O[C@]2(CO)O[C@H](CO)[C@@H](O)[C@@H]2OC(=O)/C=C/c2ccc(O)cc2)O[C@H](CO)[C@@H](O)[C@@H]1O. The first-order valence-electron chi connectivity index (χ1n) is 11.3. The lowest BCUT2D eigenvalue weighted by Crippen LogP contribution is -2.64. The summed E-state index contributed by atoms with van der Waals surface area (Å²) in [5.41, 5.74) is 0.526. The third-order valence-electron chi connectivity index (χ3n) is 5.87. The summed E-state index contributed by atoms with van der Waals surface area (Å²) in [6.45, 7) is -1.61. The van der Waals surface area contributed by atoms with E-state index in [9.17, 15) is 45.3 Å². The number of aliphatic hydroxyl groups excluding tert-OH is 6.